The second kappa shape index (κ2) is 4.55. The highest BCUT2D eigenvalue weighted by molar-refractivity contribution is 5.15. The van der Waals surface area contributed by atoms with Gasteiger partial charge in [0.1, 0.15) is 0 Å². The zero-order chi connectivity index (χ0) is 9.80. The molecule has 0 radical (unpaired) electrons. The third kappa shape index (κ3) is 2.32. The van der Waals surface area contributed by atoms with Crippen molar-refractivity contribution in [3.8, 4) is 0 Å². The molecule has 0 saturated carbocycles. The van der Waals surface area contributed by atoms with E-state index in [-0.39, 0.29) is 6.04 Å². The largest absolute Gasteiger partial charge is 0.378 e. The summed E-state index contributed by atoms with van der Waals surface area (Å²) in [5.74, 6) is 0. The molecular weight excluding hydrogens is 178 g/mol. The van der Waals surface area contributed by atoms with E-state index in [1.54, 1.807) is 0 Å². The molecule has 3 nitrogen and oxygen atoms in total. The third-order valence-electron chi connectivity index (χ3n) is 2.51. The fourth-order valence-corrected chi connectivity index (χ4v) is 1.70. The Morgan fingerprint density at radius 2 is 2.14 bits per heavy atom. The van der Waals surface area contributed by atoms with Crippen LogP contribution in [0.4, 0.5) is 0 Å². The van der Waals surface area contributed by atoms with Crippen molar-refractivity contribution in [2.45, 2.75) is 12.5 Å². The zero-order valence-electron chi connectivity index (χ0n) is 8.10. The Morgan fingerprint density at radius 3 is 2.86 bits per heavy atom. The van der Waals surface area contributed by atoms with Gasteiger partial charge < -0.3 is 9.94 Å². The topological polar surface area (TPSA) is 32.7 Å². The molecule has 0 bridgehead atoms. The molecule has 0 aromatic heterocycles. The van der Waals surface area contributed by atoms with Gasteiger partial charge in [0.15, 0.2) is 0 Å². The van der Waals surface area contributed by atoms with Gasteiger partial charge in [-0.1, -0.05) is 30.3 Å². The van der Waals surface area contributed by atoms with Crippen molar-refractivity contribution in [3.05, 3.63) is 35.9 Å². The van der Waals surface area contributed by atoms with Crippen molar-refractivity contribution in [2.24, 2.45) is 0 Å². The van der Waals surface area contributed by atoms with Gasteiger partial charge in [0.25, 0.3) is 0 Å². The van der Waals surface area contributed by atoms with Gasteiger partial charge in [-0.25, -0.2) is 0 Å². The normalized spacial score (nSPS) is 23.6. The van der Waals surface area contributed by atoms with Gasteiger partial charge >= 0.3 is 0 Å². The minimum atomic E-state index is 0.103. The minimum absolute atomic E-state index is 0.103. The first-order chi connectivity index (χ1) is 6.86. The second-order valence-corrected chi connectivity index (χ2v) is 3.58. The molecule has 1 atom stereocenters. The Labute approximate surface area is 83.9 Å². The SMILES string of the molecule is ON1CCOCC1Cc1ccccc1. The van der Waals surface area contributed by atoms with Crippen molar-refractivity contribution >= 4 is 0 Å². The van der Waals surface area contributed by atoms with Crippen LogP contribution in [0.2, 0.25) is 0 Å². The number of rotatable bonds is 2. The highest BCUT2D eigenvalue weighted by atomic mass is 16.5. The molecule has 14 heavy (non-hydrogen) atoms. The Hall–Kier alpha value is -0.900. The standard InChI is InChI=1S/C11H15NO2/c13-12-6-7-14-9-11(12)8-10-4-2-1-3-5-10/h1-5,11,13H,6-9H2. The van der Waals surface area contributed by atoms with E-state index in [9.17, 15) is 5.21 Å². The van der Waals surface area contributed by atoms with Crippen molar-refractivity contribution in [1.29, 1.82) is 0 Å². The number of morpholine rings is 1. The predicted octanol–water partition coefficient (Wildman–Crippen LogP) is 1.32. The van der Waals surface area contributed by atoms with Crippen molar-refractivity contribution < 1.29 is 9.94 Å². The van der Waals surface area contributed by atoms with Gasteiger partial charge in [0, 0.05) is 6.54 Å². The van der Waals surface area contributed by atoms with Crippen LogP contribution in [0.5, 0.6) is 0 Å². The summed E-state index contributed by atoms with van der Waals surface area (Å²) in [6.07, 6.45) is 0.845. The molecule has 1 aliphatic rings. The summed E-state index contributed by atoms with van der Waals surface area (Å²) < 4.78 is 5.32. The molecule has 2 rings (SSSR count). The third-order valence-corrected chi connectivity index (χ3v) is 2.51. The molecule has 0 aliphatic carbocycles. The molecule has 0 amide bonds. The summed E-state index contributed by atoms with van der Waals surface area (Å²) in [5.41, 5.74) is 1.24. The molecule has 1 fully saturated rings. The van der Waals surface area contributed by atoms with Gasteiger partial charge in [0.05, 0.1) is 19.3 Å². The van der Waals surface area contributed by atoms with E-state index in [1.807, 2.05) is 18.2 Å². The highest BCUT2D eigenvalue weighted by Crippen LogP contribution is 2.10. The van der Waals surface area contributed by atoms with Gasteiger partial charge in [-0.15, -0.1) is 0 Å². The Bertz CT molecular complexity index is 276. The number of ether oxygens (including phenoxy) is 1. The predicted molar refractivity (Wildman–Crippen MR) is 53.2 cm³/mol. The fourth-order valence-electron chi connectivity index (χ4n) is 1.70. The van der Waals surface area contributed by atoms with Gasteiger partial charge in [-0.2, -0.15) is 5.06 Å². The van der Waals surface area contributed by atoms with E-state index in [4.69, 9.17) is 4.74 Å². The van der Waals surface area contributed by atoms with E-state index in [0.29, 0.717) is 19.8 Å². The summed E-state index contributed by atoms with van der Waals surface area (Å²) in [5, 5.41) is 11.0. The second-order valence-electron chi connectivity index (χ2n) is 3.58. The van der Waals surface area contributed by atoms with Crippen LogP contribution in [0.1, 0.15) is 5.56 Å². The molecule has 0 spiro atoms. The lowest BCUT2D eigenvalue weighted by Gasteiger charge is -2.30. The lowest BCUT2D eigenvalue weighted by molar-refractivity contribution is -0.180. The van der Waals surface area contributed by atoms with E-state index in [0.717, 1.165) is 6.42 Å². The average molecular weight is 193 g/mol. The van der Waals surface area contributed by atoms with Crippen LogP contribution >= 0.6 is 0 Å². The highest BCUT2D eigenvalue weighted by Gasteiger charge is 2.21. The molecule has 76 valence electrons. The number of hydroxylamine groups is 2. The van der Waals surface area contributed by atoms with Gasteiger partial charge in [-0.3, -0.25) is 0 Å². The smallest absolute Gasteiger partial charge is 0.0649 e. The lowest BCUT2D eigenvalue weighted by atomic mass is 10.1. The van der Waals surface area contributed by atoms with Crippen LogP contribution in [0.25, 0.3) is 0 Å². The summed E-state index contributed by atoms with van der Waals surface area (Å²) in [7, 11) is 0. The van der Waals surface area contributed by atoms with E-state index >= 15 is 0 Å². The summed E-state index contributed by atoms with van der Waals surface area (Å²) in [6.45, 7) is 1.85. The van der Waals surface area contributed by atoms with Crippen LogP contribution in [0, 0.1) is 0 Å². The molecule has 1 aromatic carbocycles. The molecule has 1 heterocycles. The van der Waals surface area contributed by atoms with E-state index in [1.165, 1.54) is 10.6 Å². The summed E-state index contributed by atoms with van der Waals surface area (Å²) >= 11 is 0. The maximum absolute atomic E-state index is 9.58. The van der Waals surface area contributed by atoms with Crippen LogP contribution < -0.4 is 0 Å². The van der Waals surface area contributed by atoms with Crippen LogP contribution in [-0.4, -0.2) is 36.1 Å². The minimum Gasteiger partial charge on any atom is -0.378 e. The van der Waals surface area contributed by atoms with Crippen molar-refractivity contribution in [3.63, 3.8) is 0 Å². The molecular formula is C11H15NO2. The molecule has 1 aromatic rings. The maximum atomic E-state index is 9.58. The number of hydrogen-bond acceptors (Lipinski definition) is 3. The van der Waals surface area contributed by atoms with Crippen LogP contribution in [0.15, 0.2) is 30.3 Å². The summed E-state index contributed by atoms with van der Waals surface area (Å²) in [4.78, 5) is 0. The summed E-state index contributed by atoms with van der Waals surface area (Å²) in [6, 6.07) is 10.3. The molecule has 1 saturated heterocycles. The number of hydrogen-bond donors (Lipinski definition) is 1. The first-order valence-electron chi connectivity index (χ1n) is 4.93. The Balaban J connectivity index is 1.96. The quantitative estimate of drug-likeness (QED) is 0.769. The van der Waals surface area contributed by atoms with Gasteiger partial charge in [-0.05, 0) is 12.0 Å². The van der Waals surface area contributed by atoms with Crippen molar-refractivity contribution in [2.75, 3.05) is 19.8 Å². The van der Waals surface area contributed by atoms with Crippen LogP contribution in [0.3, 0.4) is 0 Å². The van der Waals surface area contributed by atoms with Gasteiger partial charge in [0.2, 0.25) is 0 Å². The van der Waals surface area contributed by atoms with Crippen molar-refractivity contribution in [1.82, 2.24) is 5.06 Å². The Morgan fingerprint density at radius 1 is 1.36 bits per heavy atom. The maximum Gasteiger partial charge on any atom is 0.0649 e. The van der Waals surface area contributed by atoms with E-state index in [2.05, 4.69) is 12.1 Å². The Kier molecular flexibility index (Phi) is 3.14. The fraction of sp³-hybridized carbons (Fsp3) is 0.455. The first kappa shape index (κ1) is 9.65. The van der Waals surface area contributed by atoms with E-state index < -0.39 is 0 Å². The molecule has 1 N–H and O–H groups in total. The van der Waals surface area contributed by atoms with Crippen LogP contribution in [-0.2, 0) is 11.2 Å². The number of nitrogens with zero attached hydrogens (tertiary/aromatic N) is 1. The number of benzene rings is 1. The average Bonchev–Trinajstić information content (AvgIpc) is 2.23. The molecule has 1 aliphatic heterocycles. The zero-order valence-corrected chi connectivity index (χ0v) is 8.10. The first-order valence-corrected chi connectivity index (χ1v) is 4.93. The monoisotopic (exact) mass is 193 g/mol. The molecule has 1 unspecified atom stereocenters. The molecule has 3 heteroatoms. The lowest BCUT2D eigenvalue weighted by Crippen LogP contribution is -2.44.